The van der Waals surface area contributed by atoms with Crippen molar-refractivity contribution in [1.82, 2.24) is 4.90 Å². The lowest BCUT2D eigenvalue weighted by Gasteiger charge is -2.29. The van der Waals surface area contributed by atoms with Crippen molar-refractivity contribution in [3.05, 3.63) is 60.2 Å². The molecule has 1 aliphatic carbocycles. The molecule has 0 bridgehead atoms. The summed E-state index contributed by atoms with van der Waals surface area (Å²) in [6.07, 6.45) is 1.33. The van der Waals surface area contributed by atoms with Gasteiger partial charge in [0.1, 0.15) is 0 Å². The predicted molar refractivity (Wildman–Crippen MR) is 116 cm³/mol. The van der Waals surface area contributed by atoms with Crippen LogP contribution in [-0.2, 0) is 0 Å². The molecular weight excluding hydrogens is 370 g/mol. The van der Waals surface area contributed by atoms with Crippen LogP contribution in [0.2, 0.25) is 0 Å². The van der Waals surface area contributed by atoms with Crippen molar-refractivity contribution in [2.75, 3.05) is 41.4 Å². The standard InChI is InChI=1S/C22H27N3O2S/c26-21(17-4-2-1-3-5-17)16-25(20-10-11-20)22(27)23-18-6-8-19(9-7-18)24-12-14-28-15-13-24/h1-9,20-21,26H,10-16H2,(H,23,27)/t21-/m1/s1. The molecule has 1 saturated carbocycles. The zero-order chi connectivity index (χ0) is 19.3. The minimum Gasteiger partial charge on any atom is -0.387 e. The number of nitrogens with one attached hydrogen (secondary N) is 1. The molecule has 6 heteroatoms. The second-order valence-corrected chi connectivity index (χ2v) is 8.61. The van der Waals surface area contributed by atoms with Gasteiger partial charge in [-0.3, -0.25) is 0 Å². The van der Waals surface area contributed by atoms with E-state index in [4.69, 9.17) is 0 Å². The van der Waals surface area contributed by atoms with E-state index in [0.29, 0.717) is 6.54 Å². The molecule has 1 aliphatic heterocycles. The summed E-state index contributed by atoms with van der Waals surface area (Å²) in [7, 11) is 0. The number of carbonyl (C=O) groups is 1. The zero-order valence-electron chi connectivity index (χ0n) is 16.0. The van der Waals surface area contributed by atoms with Crippen molar-refractivity contribution in [3.63, 3.8) is 0 Å². The minimum atomic E-state index is -0.674. The van der Waals surface area contributed by atoms with Gasteiger partial charge < -0.3 is 20.2 Å². The summed E-state index contributed by atoms with van der Waals surface area (Å²) in [4.78, 5) is 17.0. The van der Waals surface area contributed by atoms with E-state index in [0.717, 1.165) is 37.2 Å². The van der Waals surface area contributed by atoms with Crippen LogP contribution in [0.25, 0.3) is 0 Å². The number of amides is 2. The van der Waals surface area contributed by atoms with Crippen molar-refractivity contribution in [1.29, 1.82) is 0 Å². The van der Waals surface area contributed by atoms with E-state index in [2.05, 4.69) is 22.3 Å². The SMILES string of the molecule is O=C(Nc1ccc(N2CCSCC2)cc1)N(C[C@@H](O)c1ccccc1)C1CC1. The molecule has 1 saturated heterocycles. The second-order valence-electron chi connectivity index (χ2n) is 7.39. The van der Waals surface area contributed by atoms with E-state index in [1.54, 1.807) is 4.90 Å². The molecule has 2 amide bonds. The first-order valence-electron chi connectivity index (χ1n) is 9.94. The molecule has 1 atom stereocenters. The van der Waals surface area contributed by atoms with Crippen LogP contribution in [0.15, 0.2) is 54.6 Å². The maximum atomic E-state index is 12.8. The number of anilines is 2. The van der Waals surface area contributed by atoms with Crippen molar-refractivity contribution >= 4 is 29.2 Å². The number of urea groups is 1. The van der Waals surface area contributed by atoms with Crippen molar-refractivity contribution in [2.45, 2.75) is 25.0 Å². The number of thioether (sulfide) groups is 1. The molecule has 4 rings (SSSR count). The first-order valence-corrected chi connectivity index (χ1v) is 11.1. The first-order chi connectivity index (χ1) is 13.7. The lowest BCUT2D eigenvalue weighted by molar-refractivity contribution is 0.123. The van der Waals surface area contributed by atoms with Gasteiger partial charge in [0, 0.05) is 42.0 Å². The summed E-state index contributed by atoms with van der Waals surface area (Å²) in [5.41, 5.74) is 2.84. The van der Waals surface area contributed by atoms with Crippen LogP contribution >= 0.6 is 11.8 Å². The lowest BCUT2D eigenvalue weighted by atomic mass is 10.1. The summed E-state index contributed by atoms with van der Waals surface area (Å²) in [5, 5.41) is 13.5. The maximum Gasteiger partial charge on any atom is 0.322 e. The molecule has 0 spiro atoms. The van der Waals surface area contributed by atoms with Gasteiger partial charge in [-0.1, -0.05) is 30.3 Å². The monoisotopic (exact) mass is 397 g/mol. The molecule has 148 valence electrons. The lowest BCUT2D eigenvalue weighted by Crippen LogP contribution is -2.39. The second kappa shape index (κ2) is 8.88. The van der Waals surface area contributed by atoms with Crippen molar-refractivity contribution in [3.8, 4) is 0 Å². The molecule has 2 aliphatic rings. The van der Waals surface area contributed by atoms with Gasteiger partial charge in [0.25, 0.3) is 0 Å². The van der Waals surface area contributed by atoms with Gasteiger partial charge in [0.15, 0.2) is 0 Å². The third kappa shape index (κ3) is 4.80. The number of benzene rings is 2. The van der Waals surface area contributed by atoms with Gasteiger partial charge in [-0.2, -0.15) is 11.8 Å². The van der Waals surface area contributed by atoms with E-state index >= 15 is 0 Å². The van der Waals surface area contributed by atoms with Gasteiger partial charge in [-0.25, -0.2) is 4.79 Å². The number of aliphatic hydroxyl groups excluding tert-OH is 1. The molecule has 2 N–H and O–H groups in total. The predicted octanol–water partition coefficient (Wildman–Crippen LogP) is 3.97. The van der Waals surface area contributed by atoms with E-state index < -0.39 is 6.10 Å². The average Bonchev–Trinajstić information content (AvgIpc) is 3.59. The summed E-state index contributed by atoms with van der Waals surface area (Å²) in [5.74, 6) is 2.33. The number of rotatable bonds is 6. The van der Waals surface area contributed by atoms with E-state index in [-0.39, 0.29) is 12.1 Å². The Bertz CT molecular complexity index is 774. The number of hydrogen-bond acceptors (Lipinski definition) is 4. The third-order valence-electron chi connectivity index (χ3n) is 5.30. The molecule has 5 nitrogen and oxygen atoms in total. The molecule has 0 radical (unpaired) electrons. The third-order valence-corrected chi connectivity index (χ3v) is 6.24. The summed E-state index contributed by atoms with van der Waals surface area (Å²) in [6.45, 7) is 2.45. The van der Waals surface area contributed by atoms with Gasteiger partial charge in [0.2, 0.25) is 0 Å². The van der Waals surface area contributed by atoms with Crippen LogP contribution < -0.4 is 10.2 Å². The van der Waals surface area contributed by atoms with Crippen LogP contribution in [0.1, 0.15) is 24.5 Å². The molecule has 2 aromatic rings. The zero-order valence-corrected chi connectivity index (χ0v) is 16.8. The highest BCUT2D eigenvalue weighted by atomic mass is 32.2. The maximum absolute atomic E-state index is 12.8. The van der Waals surface area contributed by atoms with E-state index in [1.165, 1.54) is 17.2 Å². The van der Waals surface area contributed by atoms with Crippen LogP contribution in [0, 0.1) is 0 Å². The Morgan fingerprint density at radius 3 is 2.43 bits per heavy atom. The Morgan fingerprint density at radius 2 is 1.79 bits per heavy atom. The topological polar surface area (TPSA) is 55.8 Å². The Hall–Kier alpha value is -2.18. The molecule has 1 heterocycles. The van der Waals surface area contributed by atoms with Gasteiger partial charge in [-0.15, -0.1) is 0 Å². The molecule has 2 aromatic carbocycles. The van der Waals surface area contributed by atoms with E-state index in [9.17, 15) is 9.90 Å². The van der Waals surface area contributed by atoms with Gasteiger partial charge in [-0.05, 0) is 42.7 Å². The molecule has 28 heavy (non-hydrogen) atoms. The Balaban J connectivity index is 1.38. The highest BCUT2D eigenvalue weighted by molar-refractivity contribution is 7.99. The number of nitrogens with zero attached hydrogens (tertiary/aromatic N) is 2. The van der Waals surface area contributed by atoms with Crippen molar-refractivity contribution in [2.24, 2.45) is 0 Å². The van der Waals surface area contributed by atoms with Crippen LogP contribution in [0.5, 0.6) is 0 Å². The van der Waals surface area contributed by atoms with Crippen LogP contribution in [0.4, 0.5) is 16.2 Å². The quantitative estimate of drug-likeness (QED) is 0.774. The number of carbonyl (C=O) groups excluding carboxylic acids is 1. The summed E-state index contributed by atoms with van der Waals surface area (Å²) >= 11 is 2.00. The fourth-order valence-corrected chi connectivity index (χ4v) is 4.43. The summed E-state index contributed by atoms with van der Waals surface area (Å²) in [6, 6.07) is 17.7. The smallest absolute Gasteiger partial charge is 0.322 e. The Morgan fingerprint density at radius 1 is 1.11 bits per heavy atom. The normalized spacial score (nSPS) is 17.8. The highest BCUT2D eigenvalue weighted by Crippen LogP contribution is 2.30. The summed E-state index contributed by atoms with van der Waals surface area (Å²) < 4.78 is 0. The molecule has 0 aromatic heterocycles. The van der Waals surface area contributed by atoms with Crippen molar-refractivity contribution < 1.29 is 9.90 Å². The minimum absolute atomic E-state index is 0.139. The fourth-order valence-electron chi connectivity index (χ4n) is 3.52. The largest absolute Gasteiger partial charge is 0.387 e. The highest BCUT2D eigenvalue weighted by Gasteiger charge is 2.34. The van der Waals surface area contributed by atoms with E-state index in [1.807, 2.05) is 54.2 Å². The number of hydrogen-bond donors (Lipinski definition) is 2. The first kappa shape index (κ1) is 19.2. The molecule has 0 unspecified atom stereocenters. The van der Waals surface area contributed by atoms with Crippen LogP contribution in [0.3, 0.4) is 0 Å². The van der Waals surface area contributed by atoms with Gasteiger partial charge >= 0.3 is 6.03 Å². The van der Waals surface area contributed by atoms with Gasteiger partial charge in [0.05, 0.1) is 12.6 Å². The number of aliphatic hydroxyl groups is 1. The molecular formula is C22H27N3O2S. The molecule has 2 fully saturated rings. The Kier molecular flexibility index (Phi) is 6.07. The average molecular weight is 398 g/mol. The van der Waals surface area contributed by atoms with Crippen LogP contribution in [-0.4, -0.2) is 53.2 Å². The fraction of sp³-hybridized carbons (Fsp3) is 0.409. The Labute approximate surface area is 170 Å².